The summed E-state index contributed by atoms with van der Waals surface area (Å²) >= 11 is 4.47. The molecule has 0 bridgehead atoms. The average Bonchev–Trinajstić information content (AvgIpc) is 3.38. The number of thiophene rings is 2. The van der Waals surface area contributed by atoms with Crippen LogP contribution in [-0.2, 0) is 9.53 Å². The minimum absolute atomic E-state index is 0.135. The van der Waals surface area contributed by atoms with Crippen LogP contribution in [0.2, 0.25) is 0 Å². The van der Waals surface area contributed by atoms with Gasteiger partial charge in [0.1, 0.15) is 6.04 Å². The number of aryl methyl sites for hydroxylation is 1. The summed E-state index contributed by atoms with van der Waals surface area (Å²) in [7, 11) is 0. The molecule has 0 radical (unpaired) electrons. The Labute approximate surface area is 173 Å². The molecular formula is C20H18N2O3S3. The zero-order valence-corrected chi connectivity index (χ0v) is 18.0. The molecule has 0 unspecified atom stereocenters. The summed E-state index contributed by atoms with van der Waals surface area (Å²) in [5.74, 6) is -0.425. The van der Waals surface area contributed by atoms with Crippen LogP contribution in [-0.4, -0.2) is 17.1 Å². The number of allylic oxidation sites excluding steroid dienone is 1. The highest BCUT2D eigenvalue weighted by molar-refractivity contribution is 7.11. The molecule has 0 saturated carbocycles. The normalized spacial score (nSPS) is 16.8. The zero-order valence-electron chi connectivity index (χ0n) is 15.6. The molecule has 144 valence electrons. The third-order valence-corrected chi connectivity index (χ3v) is 7.37. The quantitative estimate of drug-likeness (QED) is 0.597. The van der Waals surface area contributed by atoms with Gasteiger partial charge in [-0.25, -0.2) is 9.79 Å². The Morgan fingerprint density at radius 2 is 2.11 bits per heavy atom. The molecule has 0 aliphatic carbocycles. The predicted molar refractivity (Wildman–Crippen MR) is 114 cm³/mol. The lowest BCUT2D eigenvalue weighted by Gasteiger charge is -2.23. The first-order valence-electron chi connectivity index (χ1n) is 8.78. The number of carbonyl (C=O) groups excluding carboxylic acids is 1. The SMILES string of the molecule is CCOC(=O)C1=C(C)N=c2s/c(=C\c3sccc3C)c(=O)n2[C@H]1c1cccs1. The van der Waals surface area contributed by atoms with E-state index in [0.717, 1.165) is 15.3 Å². The van der Waals surface area contributed by atoms with Crippen molar-refractivity contribution in [1.29, 1.82) is 0 Å². The molecule has 0 spiro atoms. The van der Waals surface area contributed by atoms with Crippen LogP contribution in [0, 0.1) is 6.92 Å². The topological polar surface area (TPSA) is 60.7 Å². The molecule has 28 heavy (non-hydrogen) atoms. The van der Waals surface area contributed by atoms with Crippen molar-refractivity contribution in [3.8, 4) is 0 Å². The summed E-state index contributed by atoms with van der Waals surface area (Å²) in [6.45, 7) is 5.87. The lowest BCUT2D eigenvalue weighted by atomic mass is 10.0. The van der Waals surface area contributed by atoms with Gasteiger partial charge in [-0.2, -0.15) is 0 Å². The molecule has 4 heterocycles. The van der Waals surface area contributed by atoms with E-state index in [1.165, 1.54) is 22.7 Å². The molecule has 1 aliphatic heterocycles. The van der Waals surface area contributed by atoms with E-state index in [4.69, 9.17) is 4.74 Å². The maximum atomic E-state index is 13.3. The molecule has 1 atom stereocenters. The van der Waals surface area contributed by atoms with Gasteiger partial charge in [-0.3, -0.25) is 9.36 Å². The first kappa shape index (κ1) is 19.0. The fourth-order valence-corrected chi connectivity index (χ4v) is 5.94. The maximum Gasteiger partial charge on any atom is 0.338 e. The van der Waals surface area contributed by atoms with E-state index in [0.29, 0.717) is 20.6 Å². The second kappa shape index (κ2) is 7.62. The smallest absolute Gasteiger partial charge is 0.338 e. The van der Waals surface area contributed by atoms with E-state index in [9.17, 15) is 9.59 Å². The number of aromatic nitrogens is 1. The number of esters is 1. The van der Waals surface area contributed by atoms with Gasteiger partial charge < -0.3 is 4.74 Å². The van der Waals surface area contributed by atoms with Crippen LogP contribution in [0.5, 0.6) is 0 Å². The molecule has 4 rings (SSSR count). The standard InChI is InChI=1S/C20H18N2O3S3/c1-4-25-19(24)16-12(3)21-20-22(17(16)13-6-5-8-26-13)18(23)15(28-20)10-14-11(2)7-9-27-14/h5-10,17H,4H2,1-3H3/b15-10-/t17-/m0/s1. The number of carbonyl (C=O) groups is 1. The second-order valence-corrected chi connectivity index (χ2v) is 9.22. The summed E-state index contributed by atoms with van der Waals surface area (Å²) in [6.07, 6.45) is 1.92. The lowest BCUT2D eigenvalue weighted by Crippen LogP contribution is -2.39. The first-order valence-corrected chi connectivity index (χ1v) is 11.4. The molecule has 0 N–H and O–H groups in total. The monoisotopic (exact) mass is 430 g/mol. The summed E-state index contributed by atoms with van der Waals surface area (Å²) in [5, 5.41) is 3.95. The molecule has 3 aromatic rings. The van der Waals surface area contributed by atoms with Gasteiger partial charge in [-0.1, -0.05) is 17.4 Å². The van der Waals surface area contributed by atoms with E-state index in [2.05, 4.69) is 4.99 Å². The number of ether oxygens (including phenoxy) is 1. The third kappa shape index (κ3) is 3.21. The second-order valence-electron chi connectivity index (χ2n) is 6.29. The van der Waals surface area contributed by atoms with Gasteiger partial charge in [-0.05, 0) is 55.3 Å². The Kier molecular flexibility index (Phi) is 5.18. The Balaban J connectivity index is 1.96. The molecule has 0 fully saturated rings. The van der Waals surface area contributed by atoms with Crippen molar-refractivity contribution < 1.29 is 9.53 Å². The van der Waals surface area contributed by atoms with E-state index in [1.807, 2.05) is 42.0 Å². The van der Waals surface area contributed by atoms with Crippen LogP contribution in [0.25, 0.3) is 6.08 Å². The minimum atomic E-state index is -0.512. The Bertz CT molecular complexity index is 1240. The summed E-state index contributed by atoms with van der Waals surface area (Å²) in [4.78, 5) is 33.1. The van der Waals surface area contributed by atoms with Gasteiger partial charge >= 0.3 is 5.97 Å². The molecule has 5 nitrogen and oxygen atoms in total. The Hall–Kier alpha value is -2.29. The van der Waals surface area contributed by atoms with Crippen LogP contribution >= 0.6 is 34.0 Å². The number of nitrogens with zero attached hydrogens (tertiary/aromatic N) is 2. The summed E-state index contributed by atoms with van der Waals surface area (Å²) in [6, 6.07) is 5.38. The fraction of sp³-hybridized carbons (Fsp3) is 0.250. The van der Waals surface area contributed by atoms with Gasteiger partial charge in [-0.15, -0.1) is 22.7 Å². The fourth-order valence-electron chi connectivity index (χ4n) is 3.16. The highest BCUT2D eigenvalue weighted by Crippen LogP contribution is 2.33. The van der Waals surface area contributed by atoms with Crippen LogP contribution in [0.15, 0.2) is 50.0 Å². The van der Waals surface area contributed by atoms with Gasteiger partial charge in [0.05, 0.1) is 22.4 Å². The number of hydrogen-bond donors (Lipinski definition) is 0. The van der Waals surface area contributed by atoms with Gasteiger partial charge in [0.15, 0.2) is 4.80 Å². The molecule has 0 amide bonds. The van der Waals surface area contributed by atoms with Gasteiger partial charge in [0, 0.05) is 9.75 Å². The van der Waals surface area contributed by atoms with E-state index in [1.54, 1.807) is 29.8 Å². The third-order valence-electron chi connectivity index (χ3n) is 4.49. The van der Waals surface area contributed by atoms with E-state index in [-0.39, 0.29) is 12.2 Å². The van der Waals surface area contributed by atoms with Crippen molar-refractivity contribution in [2.75, 3.05) is 6.61 Å². The van der Waals surface area contributed by atoms with Crippen molar-refractivity contribution in [3.63, 3.8) is 0 Å². The zero-order chi connectivity index (χ0) is 19.8. The molecular weight excluding hydrogens is 412 g/mol. The van der Waals surface area contributed by atoms with E-state index >= 15 is 0 Å². The largest absolute Gasteiger partial charge is 0.463 e. The van der Waals surface area contributed by atoms with Crippen molar-refractivity contribution >= 4 is 46.1 Å². The summed E-state index contributed by atoms with van der Waals surface area (Å²) < 4.78 is 7.52. The minimum Gasteiger partial charge on any atom is -0.463 e. The molecule has 1 aliphatic rings. The lowest BCUT2D eigenvalue weighted by molar-refractivity contribution is -0.139. The van der Waals surface area contributed by atoms with Crippen LogP contribution in [0.4, 0.5) is 0 Å². The molecule has 8 heteroatoms. The number of rotatable bonds is 4. The highest BCUT2D eigenvalue weighted by Gasteiger charge is 2.33. The van der Waals surface area contributed by atoms with E-state index < -0.39 is 12.0 Å². The summed E-state index contributed by atoms with van der Waals surface area (Å²) in [5.41, 5.74) is 2.02. The highest BCUT2D eigenvalue weighted by atomic mass is 32.1. The van der Waals surface area contributed by atoms with Crippen LogP contribution in [0.1, 0.15) is 35.2 Å². The predicted octanol–water partition coefficient (Wildman–Crippen LogP) is 3.23. The number of fused-ring (bicyclic) bond motifs is 1. The number of thiazole rings is 1. The molecule has 0 aromatic carbocycles. The molecule has 3 aromatic heterocycles. The maximum absolute atomic E-state index is 13.3. The first-order chi connectivity index (χ1) is 13.5. The van der Waals surface area contributed by atoms with Crippen molar-refractivity contribution in [2.45, 2.75) is 26.8 Å². The van der Waals surface area contributed by atoms with Crippen molar-refractivity contribution in [1.82, 2.24) is 4.57 Å². The van der Waals surface area contributed by atoms with Gasteiger partial charge in [0.2, 0.25) is 0 Å². The Morgan fingerprint density at radius 3 is 2.75 bits per heavy atom. The van der Waals surface area contributed by atoms with Gasteiger partial charge in [0.25, 0.3) is 5.56 Å². The van der Waals surface area contributed by atoms with Crippen LogP contribution in [0.3, 0.4) is 0 Å². The Morgan fingerprint density at radius 1 is 1.29 bits per heavy atom. The average molecular weight is 431 g/mol. The number of hydrogen-bond acceptors (Lipinski definition) is 7. The van der Waals surface area contributed by atoms with Crippen molar-refractivity contribution in [3.05, 3.63) is 75.2 Å². The molecule has 0 saturated heterocycles. The van der Waals surface area contributed by atoms with Crippen LogP contribution < -0.4 is 14.9 Å². The van der Waals surface area contributed by atoms with Crippen molar-refractivity contribution in [2.24, 2.45) is 4.99 Å².